The van der Waals surface area contributed by atoms with Crippen molar-refractivity contribution >= 4 is 67.1 Å². The first-order valence-corrected chi connectivity index (χ1v) is 7.40. The van der Waals surface area contributed by atoms with Crippen molar-refractivity contribution < 1.29 is 14.4 Å². The van der Waals surface area contributed by atoms with E-state index in [1.54, 1.807) is 18.2 Å². The summed E-state index contributed by atoms with van der Waals surface area (Å²) in [5.41, 5.74) is 1.41. The minimum atomic E-state index is -0.235. The van der Waals surface area contributed by atoms with Crippen LogP contribution in [0.3, 0.4) is 0 Å². The number of carbonyl (C=O) groups excluding carboxylic acids is 3. The number of benzene rings is 1. The van der Waals surface area contributed by atoms with Crippen LogP contribution >= 0.6 is 31.9 Å². The van der Waals surface area contributed by atoms with Gasteiger partial charge in [0.25, 0.3) is 0 Å². The maximum Gasteiger partial charge on any atom is 0.235 e. The third-order valence-electron chi connectivity index (χ3n) is 1.97. The lowest BCUT2D eigenvalue weighted by Crippen LogP contribution is -2.15. The molecule has 0 saturated carbocycles. The van der Waals surface area contributed by atoms with Gasteiger partial charge in [-0.3, -0.25) is 14.4 Å². The van der Waals surface area contributed by atoms with Gasteiger partial charge < -0.3 is 16.0 Å². The number of rotatable bonds is 6. The lowest BCUT2D eigenvalue weighted by molar-refractivity contribution is -0.114. The van der Waals surface area contributed by atoms with Crippen LogP contribution in [0.2, 0.25) is 0 Å². The predicted molar refractivity (Wildman–Crippen MR) is 81.0 cm³/mol. The van der Waals surface area contributed by atoms with E-state index < -0.39 is 0 Å². The molecule has 0 fully saturated rings. The molecule has 0 aliphatic carbocycles. The Hall–Kier alpha value is -1.41. The van der Waals surface area contributed by atoms with Gasteiger partial charge in [0.2, 0.25) is 18.2 Å². The van der Waals surface area contributed by atoms with Crippen LogP contribution in [0.4, 0.5) is 17.1 Å². The molecular formula is C11H11Br2N3O3. The highest BCUT2D eigenvalue weighted by Crippen LogP contribution is 2.22. The molecule has 0 radical (unpaired) electrons. The van der Waals surface area contributed by atoms with E-state index in [9.17, 15) is 14.4 Å². The Bertz CT molecular complexity index is 458. The molecule has 0 heterocycles. The molecule has 0 aliphatic heterocycles. The van der Waals surface area contributed by atoms with E-state index >= 15 is 0 Å². The number of halogens is 2. The Morgan fingerprint density at radius 2 is 1.37 bits per heavy atom. The first-order chi connectivity index (χ1) is 9.08. The molecule has 3 amide bonds. The molecule has 1 rings (SSSR count). The van der Waals surface area contributed by atoms with Gasteiger partial charge in [-0.2, -0.15) is 0 Å². The van der Waals surface area contributed by atoms with Gasteiger partial charge in [0.15, 0.2) is 0 Å². The first-order valence-electron chi connectivity index (χ1n) is 5.16. The summed E-state index contributed by atoms with van der Waals surface area (Å²) in [6.07, 6.45) is 0.515. The number of carbonyl (C=O) groups is 3. The Balaban J connectivity index is 2.99. The second-order valence-electron chi connectivity index (χ2n) is 3.42. The van der Waals surface area contributed by atoms with Crippen molar-refractivity contribution in [3.8, 4) is 0 Å². The second kappa shape index (κ2) is 7.90. The zero-order chi connectivity index (χ0) is 14.3. The van der Waals surface area contributed by atoms with Crippen molar-refractivity contribution in [3.05, 3.63) is 18.2 Å². The molecule has 0 atom stereocenters. The summed E-state index contributed by atoms with van der Waals surface area (Å²) in [5.74, 6) is -0.470. The summed E-state index contributed by atoms with van der Waals surface area (Å²) in [6, 6.07) is 4.76. The van der Waals surface area contributed by atoms with Crippen LogP contribution in [-0.2, 0) is 14.4 Å². The van der Waals surface area contributed by atoms with Crippen LogP contribution in [-0.4, -0.2) is 28.9 Å². The Labute approximate surface area is 126 Å². The number of anilines is 3. The van der Waals surface area contributed by atoms with Crippen molar-refractivity contribution in [2.75, 3.05) is 26.6 Å². The predicted octanol–water partition coefficient (Wildman–Crippen LogP) is 1.92. The van der Waals surface area contributed by atoms with Gasteiger partial charge in [0.1, 0.15) is 0 Å². The third kappa shape index (κ3) is 5.39. The molecule has 0 spiro atoms. The summed E-state index contributed by atoms with van der Waals surface area (Å²) >= 11 is 6.06. The average molecular weight is 393 g/mol. The maximum atomic E-state index is 11.3. The zero-order valence-corrected chi connectivity index (χ0v) is 12.9. The zero-order valence-electron chi connectivity index (χ0n) is 9.70. The van der Waals surface area contributed by atoms with E-state index in [1.807, 2.05) is 0 Å². The van der Waals surface area contributed by atoms with Gasteiger partial charge in [-0.1, -0.05) is 31.9 Å². The van der Waals surface area contributed by atoms with E-state index in [2.05, 4.69) is 47.8 Å². The molecule has 0 bridgehead atoms. The highest BCUT2D eigenvalue weighted by molar-refractivity contribution is 9.09. The maximum absolute atomic E-state index is 11.3. The summed E-state index contributed by atoms with van der Waals surface area (Å²) in [6.45, 7) is 0. The van der Waals surface area contributed by atoms with Crippen LogP contribution in [0.5, 0.6) is 0 Å². The summed E-state index contributed by atoms with van der Waals surface area (Å²) in [4.78, 5) is 33.0. The van der Waals surface area contributed by atoms with E-state index in [4.69, 9.17) is 0 Å². The van der Waals surface area contributed by atoms with Gasteiger partial charge in [0, 0.05) is 17.1 Å². The van der Waals surface area contributed by atoms with Gasteiger partial charge >= 0.3 is 0 Å². The normalized spacial score (nSPS) is 9.58. The molecule has 1 aromatic rings. The van der Waals surface area contributed by atoms with Crippen LogP contribution in [0.25, 0.3) is 0 Å². The lowest BCUT2D eigenvalue weighted by Gasteiger charge is -2.10. The molecule has 6 nitrogen and oxygen atoms in total. The molecule has 0 saturated heterocycles. The third-order valence-corrected chi connectivity index (χ3v) is 2.99. The van der Waals surface area contributed by atoms with E-state index in [1.165, 1.54) is 0 Å². The summed E-state index contributed by atoms with van der Waals surface area (Å²) < 4.78 is 0. The summed E-state index contributed by atoms with van der Waals surface area (Å²) in [5, 5.41) is 8.01. The van der Waals surface area contributed by atoms with Crippen LogP contribution in [0.15, 0.2) is 18.2 Å². The van der Waals surface area contributed by atoms with Crippen molar-refractivity contribution in [2.45, 2.75) is 0 Å². The monoisotopic (exact) mass is 391 g/mol. The standard InChI is InChI=1S/C11H11Br2N3O3/c12-4-10(18)15-8-1-7(14-6-17)2-9(3-8)16-11(19)5-13/h1-3,6H,4-5H2,(H,14,17)(H,15,18)(H,16,19). The van der Waals surface area contributed by atoms with Crippen LogP contribution < -0.4 is 16.0 Å². The average Bonchev–Trinajstić information content (AvgIpc) is 2.38. The fourth-order valence-corrected chi connectivity index (χ4v) is 1.59. The molecule has 1 aromatic carbocycles. The van der Waals surface area contributed by atoms with E-state index in [0.29, 0.717) is 23.5 Å². The molecule has 102 valence electrons. The SMILES string of the molecule is O=CNc1cc(NC(=O)CBr)cc(NC(=O)CBr)c1. The fourth-order valence-electron chi connectivity index (χ4n) is 1.31. The number of hydrogen-bond donors (Lipinski definition) is 3. The van der Waals surface area contributed by atoms with Crippen LogP contribution in [0.1, 0.15) is 0 Å². The Kier molecular flexibility index (Phi) is 6.51. The van der Waals surface area contributed by atoms with E-state index in [-0.39, 0.29) is 22.5 Å². The molecule has 19 heavy (non-hydrogen) atoms. The molecule has 8 heteroatoms. The quantitative estimate of drug-likeness (QED) is 0.510. The van der Waals surface area contributed by atoms with Gasteiger partial charge in [-0.25, -0.2) is 0 Å². The van der Waals surface area contributed by atoms with Gasteiger partial charge in [0.05, 0.1) is 10.7 Å². The fraction of sp³-hybridized carbons (Fsp3) is 0.182. The number of nitrogens with one attached hydrogen (secondary N) is 3. The van der Waals surface area contributed by atoms with Crippen molar-refractivity contribution in [2.24, 2.45) is 0 Å². The number of amides is 3. The molecular weight excluding hydrogens is 382 g/mol. The summed E-state index contributed by atoms with van der Waals surface area (Å²) in [7, 11) is 0. The highest BCUT2D eigenvalue weighted by Gasteiger charge is 2.06. The van der Waals surface area contributed by atoms with Crippen molar-refractivity contribution in [1.29, 1.82) is 0 Å². The van der Waals surface area contributed by atoms with Crippen molar-refractivity contribution in [3.63, 3.8) is 0 Å². The Morgan fingerprint density at radius 3 is 1.74 bits per heavy atom. The topological polar surface area (TPSA) is 87.3 Å². The van der Waals surface area contributed by atoms with Gasteiger partial charge in [-0.15, -0.1) is 0 Å². The second-order valence-corrected chi connectivity index (χ2v) is 4.55. The smallest absolute Gasteiger partial charge is 0.235 e. The van der Waals surface area contributed by atoms with Crippen molar-refractivity contribution in [1.82, 2.24) is 0 Å². The molecule has 0 unspecified atom stereocenters. The number of hydrogen-bond acceptors (Lipinski definition) is 3. The first kappa shape index (κ1) is 15.6. The highest BCUT2D eigenvalue weighted by atomic mass is 79.9. The minimum Gasteiger partial charge on any atom is -0.329 e. The molecule has 3 N–H and O–H groups in total. The minimum absolute atomic E-state index is 0.154. The number of alkyl halides is 2. The van der Waals surface area contributed by atoms with Gasteiger partial charge in [-0.05, 0) is 18.2 Å². The van der Waals surface area contributed by atoms with Crippen LogP contribution in [0, 0.1) is 0 Å². The largest absolute Gasteiger partial charge is 0.329 e. The molecule has 0 aromatic heterocycles. The van der Waals surface area contributed by atoms with E-state index in [0.717, 1.165) is 0 Å². The lowest BCUT2D eigenvalue weighted by atomic mass is 10.2. The Morgan fingerprint density at radius 1 is 0.947 bits per heavy atom. The molecule has 0 aliphatic rings.